The molecule has 0 aromatic carbocycles. The minimum Gasteiger partial charge on any atom is -0.465 e. The molecule has 0 atom stereocenters. The number of hydrogen-bond acceptors (Lipinski definition) is 2. The fourth-order valence-corrected chi connectivity index (χ4v) is 0.911. The third kappa shape index (κ3) is 2.95. The normalized spacial score (nSPS) is 18.3. The number of rotatable bonds is 3. The molecule has 0 aromatic rings. The number of carboxylic acid groups (broad SMARTS) is 1. The molecule has 0 saturated heterocycles. The van der Waals surface area contributed by atoms with Crippen molar-refractivity contribution in [2.24, 2.45) is 0 Å². The van der Waals surface area contributed by atoms with E-state index in [2.05, 4.69) is 10.6 Å². The molecule has 11 heavy (non-hydrogen) atoms. The zero-order chi connectivity index (χ0) is 7.61. The van der Waals surface area contributed by atoms with Gasteiger partial charge < -0.3 is 15.7 Å². The summed E-state index contributed by atoms with van der Waals surface area (Å²) in [6.45, 7) is 0.527. The highest BCUT2D eigenvalue weighted by Crippen LogP contribution is 2.33. The minimum absolute atomic E-state index is 0. The second-order valence-electron chi connectivity index (χ2n) is 2.69. The van der Waals surface area contributed by atoms with Gasteiger partial charge in [-0.3, -0.25) is 0 Å². The zero-order valence-corrected chi connectivity index (χ0v) is 7.20. The van der Waals surface area contributed by atoms with Crippen LogP contribution in [0.3, 0.4) is 0 Å². The summed E-state index contributed by atoms with van der Waals surface area (Å²) >= 11 is 0. The summed E-state index contributed by atoms with van der Waals surface area (Å²) in [5.41, 5.74) is 0.0817. The van der Waals surface area contributed by atoms with Gasteiger partial charge in [0.15, 0.2) is 0 Å². The highest BCUT2D eigenvalue weighted by molar-refractivity contribution is 5.85. The van der Waals surface area contributed by atoms with Crippen molar-refractivity contribution in [3.63, 3.8) is 0 Å². The van der Waals surface area contributed by atoms with Crippen molar-refractivity contribution in [2.75, 3.05) is 13.6 Å². The Kier molecular flexibility index (Phi) is 3.62. The summed E-state index contributed by atoms with van der Waals surface area (Å²) in [6.07, 6.45) is 1.20. The average Bonchev–Trinajstić information content (AvgIpc) is 2.64. The first-order valence-electron chi connectivity index (χ1n) is 3.34. The lowest BCUT2D eigenvalue weighted by Crippen LogP contribution is -2.40. The van der Waals surface area contributed by atoms with Crippen LogP contribution < -0.4 is 10.6 Å². The van der Waals surface area contributed by atoms with E-state index in [9.17, 15) is 4.79 Å². The Balaban J connectivity index is 0.000001000. The van der Waals surface area contributed by atoms with Gasteiger partial charge in [-0.25, -0.2) is 4.79 Å². The molecule has 3 N–H and O–H groups in total. The molecule has 1 rings (SSSR count). The second kappa shape index (κ2) is 3.78. The molecule has 0 aromatic heterocycles. The lowest BCUT2D eigenvalue weighted by atomic mass is 10.3. The lowest BCUT2D eigenvalue weighted by Gasteiger charge is -2.12. The number of likely N-dealkylation sites (N-methyl/N-ethyl adjacent to an activating group) is 1. The van der Waals surface area contributed by atoms with E-state index in [1.54, 1.807) is 0 Å². The van der Waals surface area contributed by atoms with Crippen molar-refractivity contribution in [1.82, 2.24) is 10.6 Å². The fourth-order valence-electron chi connectivity index (χ4n) is 0.911. The first-order chi connectivity index (χ1) is 4.68. The maximum absolute atomic E-state index is 10.1. The summed E-state index contributed by atoms with van der Waals surface area (Å²) < 4.78 is 0. The minimum atomic E-state index is -0.943. The van der Waals surface area contributed by atoms with Crippen LogP contribution in [0, 0.1) is 0 Å². The lowest BCUT2D eigenvalue weighted by molar-refractivity contribution is 0.192. The van der Waals surface area contributed by atoms with Crippen LogP contribution in [0.1, 0.15) is 12.8 Å². The predicted octanol–water partition coefficient (Wildman–Crippen LogP) is 0.428. The summed E-state index contributed by atoms with van der Waals surface area (Å²) in [5.74, 6) is 0. The van der Waals surface area contributed by atoms with Crippen molar-refractivity contribution >= 4 is 18.5 Å². The van der Waals surface area contributed by atoms with Crippen molar-refractivity contribution in [2.45, 2.75) is 18.4 Å². The van der Waals surface area contributed by atoms with E-state index >= 15 is 0 Å². The Labute approximate surface area is 71.8 Å². The van der Waals surface area contributed by atoms with E-state index in [0.717, 1.165) is 12.8 Å². The van der Waals surface area contributed by atoms with Crippen molar-refractivity contribution in [1.29, 1.82) is 0 Å². The first kappa shape index (κ1) is 10.5. The monoisotopic (exact) mass is 180 g/mol. The number of nitrogens with one attached hydrogen (secondary N) is 2. The topological polar surface area (TPSA) is 61.4 Å². The molecule has 1 aliphatic carbocycles. The highest BCUT2D eigenvalue weighted by Gasteiger charge is 2.40. The van der Waals surface area contributed by atoms with Crippen LogP contribution in [0.4, 0.5) is 4.79 Å². The predicted molar refractivity (Wildman–Crippen MR) is 44.3 cm³/mol. The van der Waals surface area contributed by atoms with Gasteiger partial charge in [0.1, 0.15) is 0 Å². The number of halogens is 1. The van der Waals surface area contributed by atoms with Crippen molar-refractivity contribution < 1.29 is 9.90 Å². The van der Waals surface area contributed by atoms with Crippen molar-refractivity contribution in [3.8, 4) is 0 Å². The van der Waals surface area contributed by atoms with E-state index in [0.29, 0.717) is 6.54 Å². The largest absolute Gasteiger partial charge is 0.465 e. The molecule has 0 spiro atoms. The molecule has 66 valence electrons. The first-order valence-corrected chi connectivity index (χ1v) is 3.34. The maximum Gasteiger partial charge on any atom is 0.404 e. The van der Waals surface area contributed by atoms with Crippen LogP contribution in [-0.2, 0) is 0 Å². The summed E-state index contributed by atoms with van der Waals surface area (Å²) in [4.78, 5) is 10.1. The highest BCUT2D eigenvalue weighted by atomic mass is 35.5. The average molecular weight is 181 g/mol. The molecule has 0 radical (unpaired) electrons. The number of carbonyl (C=O) groups is 1. The molecule has 1 saturated carbocycles. The quantitative estimate of drug-likeness (QED) is 0.590. The van der Waals surface area contributed by atoms with Gasteiger partial charge in [-0.05, 0) is 19.9 Å². The molecule has 1 aliphatic rings. The Hall–Kier alpha value is -0.480. The number of hydrogen-bond donors (Lipinski definition) is 3. The maximum atomic E-state index is 10.1. The smallest absolute Gasteiger partial charge is 0.404 e. The van der Waals surface area contributed by atoms with E-state index in [4.69, 9.17) is 5.11 Å². The third-order valence-corrected chi connectivity index (χ3v) is 1.96. The van der Waals surface area contributed by atoms with Gasteiger partial charge in [0.2, 0.25) is 0 Å². The van der Waals surface area contributed by atoms with Gasteiger partial charge >= 0.3 is 6.09 Å². The molecule has 0 unspecified atom stereocenters. The van der Waals surface area contributed by atoms with Crippen LogP contribution in [0.15, 0.2) is 0 Å². The molecular formula is C6H13ClN2O2. The summed E-state index contributed by atoms with van der Waals surface area (Å²) in [5, 5.41) is 13.7. The fraction of sp³-hybridized carbons (Fsp3) is 0.833. The second-order valence-corrected chi connectivity index (χ2v) is 2.69. The van der Waals surface area contributed by atoms with Gasteiger partial charge in [0, 0.05) is 12.1 Å². The van der Waals surface area contributed by atoms with E-state index in [1.165, 1.54) is 0 Å². The van der Waals surface area contributed by atoms with E-state index < -0.39 is 6.09 Å². The van der Waals surface area contributed by atoms with Crippen LogP contribution in [0.2, 0.25) is 0 Å². The van der Waals surface area contributed by atoms with Crippen LogP contribution in [0.5, 0.6) is 0 Å². The van der Waals surface area contributed by atoms with Gasteiger partial charge in [0.25, 0.3) is 0 Å². The Bertz CT molecular complexity index is 148. The standard InChI is InChI=1S/C6H12N2O2.ClH/c1-7-6(2-3-6)4-8-5(9)10;/h7-8H,2-4H2,1H3,(H,9,10);1H. The molecule has 1 fully saturated rings. The molecule has 1 amide bonds. The third-order valence-electron chi connectivity index (χ3n) is 1.96. The SMILES string of the molecule is CNC1(CNC(=O)O)CC1.Cl. The van der Waals surface area contributed by atoms with Crippen LogP contribution in [-0.4, -0.2) is 30.3 Å². The van der Waals surface area contributed by atoms with Gasteiger partial charge in [-0.15, -0.1) is 12.4 Å². The summed E-state index contributed by atoms with van der Waals surface area (Å²) in [6, 6.07) is 0. The van der Waals surface area contributed by atoms with Gasteiger partial charge in [0.05, 0.1) is 0 Å². The Morgan fingerprint density at radius 3 is 2.45 bits per heavy atom. The molecule has 4 nitrogen and oxygen atoms in total. The van der Waals surface area contributed by atoms with E-state index in [-0.39, 0.29) is 17.9 Å². The van der Waals surface area contributed by atoms with Crippen LogP contribution in [0.25, 0.3) is 0 Å². The molecular weight excluding hydrogens is 168 g/mol. The summed E-state index contributed by atoms with van der Waals surface area (Å²) in [7, 11) is 1.86. The zero-order valence-electron chi connectivity index (χ0n) is 6.39. The molecule has 0 heterocycles. The van der Waals surface area contributed by atoms with Crippen LogP contribution >= 0.6 is 12.4 Å². The molecule has 0 bridgehead atoms. The Morgan fingerprint density at radius 2 is 2.18 bits per heavy atom. The Morgan fingerprint density at radius 1 is 1.64 bits per heavy atom. The molecule has 0 aliphatic heterocycles. The molecule has 5 heteroatoms. The van der Waals surface area contributed by atoms with Gasteiger partial charge in [-0.2, -0.15) is 0 Å². The van der Waals surface area contributed by atoms with E-state index in [1.807, 2.05) is 7.05 Å². The van der Waals surface area contributed by atoms with Gasteiger partial charge in [-0.1, -0.05) is 0 Å². The number of amides is 1. The van der Waals surface area contributed by atoms with Crippen molar-refractivity contribution in [3.05, 3.63) is 0 Å².